The van der Waals surface area contributed by atoms with Crippen LogP contribution in [0.15, 0.2) is 58.8 Å². The van der Waals surface area contributed by atoms with Crippen molar-refractivity contribution >= 4 is 33.0 Å². The number of hydrogen-bond donors (Lipinski definition) is 0. The third-order valence-corrected chi connectivity index (χ3v) is 2.85. The fourth-order valence-corrected chi connectivity index (χ4v) is 1.68. The van der Waals surface area contributed by atoms with Crippen molar-refractivity contribution in [2.45, 2.75) is 0 Å². The molecule has 2 rings (SSSR count). The maximum absolute atomic E-state index is 10.5. The van der Waals surface area contributed by atoms with E-state index in [1.165, 1.54) is 12.1 Å². The highest BCUT2D eigenvalue weighted by Gasteiger charge is 2.03. The number of nitro benzene ring substituents is 1. The Bertz CT molecular complexity index is 627. The average Bonchev–Trinajstić information content (AvgIpc) is 2.52. The first-order chi connectivity index (χ1) is 10.2. The minimum Gasteiger partial charge on any atom is -0.493 e. The molecule has 7 heteroatoms. The van der Waals surface area contributed by atoms with Crippen LogP contribution in [0.25, 0.3) is 0 Å². The van der Waals surface area contributed by atoms with Gasteiger partial charge in [0.25, 0.3) is 5.69 Å². The van der Waals surface area contributed by atoms with Crippen LogP contribution in [0.3, 0.4) is 0 Å². The fourth-order valence-electron chi connectivity index (χ4n) is 1.52. The van der Waals surface area contributed by atoms with Crippen LogP contribution < -0.4 is 4.74 Å². The molecule has 0 saturated carbocycles. The van der Waals surface area contributed by atoms with Crippen molar-refractivity contribution in [1.29, 1.82) is 0 Å². The zero-order chi connectivity index (χ0) is 15.1. The molecule has 0 saturated heterocycles. The summed E-state index contributed by atoms with van der Waals surface area (Å²) in [7, 11) is 0. The fraction of sp³-hybridized carbons (Fsp3) is 0.143. The van der Waals surface area contributed by atoms with Crippen molar-refractivity contribution in [3.05, 3.63) is 58.6 Å². The zero-order valence-electron chi connectivity index (χ0n) is 11.0. The number of benzene rings is 2. The molecule has 21 heavy (non-hydrogen) atoms. The van der Waals surface area contributed by atoms with E-state index in [1.54, 1.807) is 24.3 Å². The molecule has 0 fully saturated rings. The van der Waals surface area contributed by atoms with Crippen LogP contribution in [-0.2, 0) is 0 Å². The first-order valence-corrected chi connectivity index (χ1v) is 7.26. The summed E-state index contributed by atoms with van der Waals surface area (Å²) in [5.41, 5.74) is 1.27. The van der Waals surface area contributed by atoms with Gasteiger partial charge in [-0.05, 0) is 36.4 Å². The predicted molar refractivity (Wildman–Crippen MR) is 83.0 cm³/mol. The minimum atomic E-state index is -0.452. The van der Waals surface area contributed by atoms with Gasteiger partial charge in [-0.2, -0.15) is 10.2 Å². The summed E-state index contributed by atoms with van der Waals surface area (Å²) in [4.78, 5) is 10.1. The Kier molecular flexibility index (Phi) is 5.39. The molecule has 6 nitrogen and oxygen atoms in total. The molecule has 0 aliphatic rings. The quantitative estimate of drug-likeness (QED) is 0.325. The molecule has 0 N–H and O–H groups in total. The summed E-state index contributed by atoms with van der Waals surface area (Å²) in [6, 6.07) is 13.1. The number of halogens is 1. The number of hydrogen-bond acceptors (Lipinski definition) is 5. The number of non-ortho nitro benzene ring substituents is 1. The molecule has 0 unspecified atom stereocenters. The summed E-state index contributed by atoms with van der Waals surface area (Å²) in [6.45, 7) is 0.601. The molecule has 0 radical (unpaired) electrons. The summed E-state index contributed by atoms with van der Waals surface area (Å²) in [5.74, 6) is 0.767. The second-order valence-electron chi connectivity index (χ2n) is 4.00. The number of nitrogens with zero attached hydrogens (tertiary/aromatic N) is 3. The normalized spacial score (nSPS) is 10.7. The maximum Gasteiger partial charge on any atom is 0.269 e. The van der Waals surface area contributed by atoms with Crippen LogP contribution in [-0.4, -0.2) is 16.9 Å². The standard InChI is InChI=1S/C14H12BrN3O3/c15-9-10-21-14-7-3-12(4-8-14)17-16-11-1-5-13(6-2-11)18(19)20/h1-8H,9-10H2. The molecule has 0 amide bonds. The zero-order valence-corrected chi connectivity index (χ0v) is 12.6. The van der Waals surface area contributed by atoms with Gasteiger partial charge in [-0.3, -0.25) is 10.1 Å². The van der Waals surface area contributed by atoms with E-state index in [9.17, 15) is 10.1 Å². The molecule has 0 aromatic heterocycles. The van der Waals surface area contributed by atoms with Crippen molar-refractivity contribution in [1.82, 2.24) is 0 Å². The smallest absolute Gasteiger partial charge is 0.269 e. The second kappa shape index (κ2) is 7.49. The van der Waals surface area contributed by atoms with E-state index in [1.807, 2.05) is 12.1 Å². The summed E-state index contributed by atoms with van der Waals surface area (Å²) in [6.07, 6.45) is 0. The van der Waals surface area contributed by atoms with Gasteiger partial charge in [0.15, 0.2) is 0 Å². The molecule has 0 aliphatic carbocycles. The largest absolute Gasteiger partial charge is 0.493 e. The van der Waals surface area contributed by atoms with E-state index in [2.05, 4.69) is 26.2 Å². The van der Waals surface area contributed by atoms with Crippen LogP contribution in [0, 0.1) is 10.1 Å². The van der Waals surface area contributed by atoms with Gasteiger partial charge in [0, 0.05) is 17.5 Å². The first kappa shape index (κ1) is 15.1. The van der Waals surface area contributed by atoms with Crippen LogP contribution in [0.1, 0.15) is 0 Å². The Morgan fingerprint density at radius 1 is 1.00 bits per heavy atom. The van der Waals surface area contributed by atoms with Gasteiger partial charge in [0.2, 0.25) is 0 Å². The molecule has 108 valence electrons. The Balaban J connectivity index is 2.01. The third-order valence-electron chi connectivity index (χ3n) is 2.52. The van der Waals surface area contributed by atoms with Crippen LogP contribution in [0.2, 0.25) is 0 Å². The lowest BCUT2D eigenvalue weighted by molar-refractivity contribution is -0.384. The maximum atomic E-state index is 10.5. The number of rotatable bonds is 6. The van der Waals surface area contributed by atoms with Gasteiger partial charge < -0.3 is 4.74 Å². The van der Waals surface area contributed by atoms with Gasteiger partial charge in [-0.25, -0.2) is 0 Å². The molecule has 0 atom stereocenters. The molecule has 0 spiro atoms. The topological polar surface area (TPSA) is 77.1 Å². The second-order valence-corrected chi connectivity index (χ2v) is 4.80. The summed E-state index contributed by atoms with van der Waals surface area (Å²) < 4.78 is 5.43. The van der Waals surface area contributed by atoms with Gasteiger partial charge in [0.05, 0.1) is 22.9 Å². The Morgan fingerprint density at radius 2 is 1.52 bits per heavy atom. The van der Waals surface area contributed by atoms with Gasteiger partial charge in [-0.15, -0.1) is 0 Å². The lowest BCUT2D eigenvalue weighted by Crippen LogP contribution is -1.96. The Hall–Kier alpha value is -2.28. The molecule has 2 aromatic carbocycles. The molecular formula is C14H12BrN3O3. The lowest BCUT2D eigenvalue weighted by atomic mass is 10.3. The SMILES string of the molecule is O=[N+]([O-])c1ccc(N=Nc2ccc(OCCBr)cc2)cc1. The Morgan fingerprint density at radius 3 is 2.00 bits per heavy atom. The van der Waals surface area contributed by atoms with Crippen LogP contribution in [0.5, 0.6) is 5.75 Å². The molecule has 2 aromatic rings. The van der Waals surface area contributed by atoms with Crippen molar-refractivity contribution in [2.75, 3.05) is 11.9 Å². The van der Waals surface area contributed by atoms with E-state index in [4.69, 9.17) is 4.74 Å². The minimum absolute atomic E-state index is 0.0299. The van der Waals surface area contributed by atoms with Gasteiger partial charge in [-0.1, -0.05) is 15.9 Å². The molecule has 0 aliphatic heterocycles. The number of azo groups is 1. The number of nitro groups is 1. The average molecular weight is 350 g/mol. The predicted octanol–water partition coefficient (Wildman–Crippen LogP) is 4.78. The van der Waals surface area contributed by atoms with Crippen LogP contribution in [0.4, 0.5) is 17.1 Å². The highest BCUT2D eigenvalue weighted by Crippen LogP contribution is 2.22. The van der Waals surface area contributed by atoms with Crippen molar-refractivity contribution in [3.8, 4) is 5.75 Å². The van der Waals surface area contributed by atoms with Gasteiger partial charge >= 0.3 is 0 Å². The van der Waals surface area contributed by atoms with E-state index in [-0.39, 0.29) is 5.69 Å². The Labute approximate surface area is 129 Å². The van der Waals surface area contributed by atoms with Crippen molar-refractivity contribution < 1.29 is 9.66 Å². The molecule has 0 bridgehead atoms. The van der Waals surface area contributed by atoms with Crippen LogP contribution >= 0.6 is 15.9 Å². The van der Waals surface area contributed by atoms with E-state index >= 15 is 0 Å². The molecule has 0 heterocycles. The highest BCUT2D eigenvalue weighted by atomic mass is 79.9. The molecular weight excluding hydrogens is 338 g/mol. The van der Waals surface area contributed by atoms with Crippen molar-refractivity contribution in [3.63, 3.8) is 0 Å². The van der Waals surface area contributed by atoms with E-state index in [0.717, 1.165) is 11.1 Å². The first-order valence-electron chi connectivity index (χ1n) is 6.14. The monoisotopic (exact) mass is 349 g/mol. The van der Waals surface area contributed by atoms with Gasteiger partial charge in [0.1, 0.15) is 5.75 Å². The van der Waals surface area contributed by atoms with Crippen molar-refractivity contribution in [2.24, 2.45) is 10.2 Å². The summed E-state index contributed by atoms with van der Waals surface area (Å²) >= 11 is 3.29. The van der Waals surface area contributed by atoms with E-state index in [0.29, 0.717) is 18.0 Å². The highest BCUT2D eigenvalue weighted by molar-refractivity contribution is 9.09. The third kappa shape index (κ3) is 4.64. The summed E-state index contributed by atoms with van der Waals surface area (Å²) in [5, 5.41) is 19.4. The lowest BCUT2D eigenvalue weighted by Gasteiger charge is -2.02. The number of ether oxygens (including phenoxy) is 1. The van der Waals surface area contributed by atoms with E-state index < -0.39 is 4.92 Å². The number of alkyl halides is 1.